The molecule has 0 spiro atoms. The number of carbonyl (C=O) groups excluding carboxylic acids is 2. The molecule has 1 saturated heterocycles. The van der Waals surface area contributed by atoms with E-state index in [-0.39, 0.29) is 18.0 Å². The van der Waals surface area contributed by atoms with Gasteiger partial charge in [-0.1, -0.05) is 30.5 Å². The minimum atomic E-state index is -0.591. The third kappa shape index (κ3) is 5.12. The maximum atomic E-state index is 13.2. The molecule has 180 valence electrons. The van der Waals surface area contributed by atoms with E-state index in [4.69, 9.17) is 28.6 Å². The van der Waals surface area contributed by atoms with Crippen molar-refractivity contribution >= 4 is 46.7 Å². The monoisotopic (exact) mass is 501 g/mol. The Hall–Kier alpha value is -2.87. The smallest absolute Gasteiger partial charge is 0.410 e. The standard InChI is InChI=1S/C24H28ClN5O3S/c1-24(2,3)33-23(32)29-10-6-4-5-7-18(29)17-11-16(25)9-8-15(17)12-30-19(13-34)28-22(31)20-21(30)27-14-26-20/h8-9,11,14,18H,4-7,10,12H2,1-3H3,(H,26,27)(H,28,31)/t18-/m1/s1. The Morgan fingerprint density at radius 1 is 1.32 bits per heavy atom. The SMILES string of the molecule is CC(C)(C)OC(=O)N1CCCCC[C@@H]1c1cc(Cl)ccc1CN1C(=C=S)NC(=O)c2[nH]cnc21. The lowest BCUT2D eigenvalue weighted by molar-refractivity contribution is 0.0162. The molecule has 3 heterocycles. The van der Waals surface area contributed by atoms with Gasteiger partial charge in [0, 0.05) is 11.6 Å². The summed E-state index contributed by atoms with van der Waals surface area (Å²) in [6.07, 6.45) is 4.89. The molecule has 2 aromatic rings. The number of imidazole rings is 1. The molecule has 34 heavy (non-hydrogen) atoms. The Morgan fingerprint density at radius 2 is 2.12 bits per heavy atom. The number of H-pyrrole nitrogens is 1. The van der Waals surface area contributed by atoms with Crippen LogP contribution in [0.2, 0.25) is 5.02 Å². The summed E-state index contributed by atoms with van der Waals surface area (Å²) >= 11 is 11.5. The van der Waals surface area contributed by atoms with Crippen molar-refractivity contribution in [2.75, 3.05) is 11.4 Å². The van der Waals surface area contributed by atoms with Crippen molar-refractivity contribution in [2.45, 2.75) is 64.6 Å². The van der Waals surface area contributed by atoms with Crippen molar-refractivity contribution in [1.82, 2.24) is 20.2 Å². The summed E-state index contributed by atoms with van der Waals surface area (Å²) < 4.78 is 5.74. The predicted molar refractivity (Wildman–Crippen MR) is 134 cm³/mol. The number of halogens is 1. The van der Waals surface area contributed by atoms with Gasteiger partial charge in [0.2, 0.25) is 0 Å². The van der Waals surface area contributed by atoms with Crippen LogP contribution in [0.3, 0.4) is 0 Å². The number of rotatable bonds is 3. The van der Waals surface area contributed by atoms with Gasteiger partial charge in [-0.15, -0.1) is 0 Å². The average Bonchev–Trinajstić information content (AvgIpc) is 3.14. The molecule has 0 saturated carbocycles. The summed E-state index contributed by atoms with van der Waals surface area (Å²) in [6.45, 7) is 6.58. The molecule has 4 rings (SSSR count). The van der Waals surface area contributed by atoms with E-state index in [0.29, 0.717) is 35.4 Å². The minimum absolute atomic E-state index is 0.191. The number of ether oxygens (including phenoxy) is 1. The van der Waals surface area contributed by atoms with Gasteiger partial charge in [0.15, 0.2) is 11.6 Å². The highest BCUT2D eigenvalue weighted by Gasteiger charge is 2.34. The molecule has 2 amide bonds. The van der Waals surface area contributed by atoms with Crippen molar-refractivity contribution in [3.63, 3.8) is 0 Å². The van der Waals surface area contributed by atoms with E-state index in [2.05, 4.69) is 20.3 Å². The Labute approximate surface area is 209 Å². The molecule has 8 nitrogen and oxygen atoms in total. The van der Waals surface area contributed by atoms with Gasteiger partial charge in [0.1, 0.15) is 11.3 Å². The summed E-state index contributed by atoms with van der Waals surface area (Å²) in [6, 6.07) is 5.49. The molecule has 1 aromatic heterocycles. The third-order valence-electron chi connectivity index (χ3n) is 5.88. The highest BCUT2D eigenvalue weighted by molar-refractivity contribution is 7.78. The zero-order chi connectivity index (χ0) is 24.5. The first-order valence-corrected chi connectivity index (χ1v) is 12.1. The number of nitrogens with one attached hydrogen (secondary N) is 2. The van der Waals surface area contributed by atoms with Gasteiger partial charge in [-0.2, -0.15) is 0 Å². The summed E-state index contributed by atoms with van der Waals surface area (Å²) in [5.41, 5.74) is 1.65. The van der Waals surface area contributed by atoms with E-state index in [1.807, 2.05) is 48.8 Å². The highest BCUT2D eigenvalue weighted by atomic mass is 35.5. The van der Waals surface area contributed by atoms with E-state index in [1.54, 1.807) is 0 Å². The maximum absolute atomic E-state index is 13.2. The van der Waals surface area contributed by atoms with Gasteiger partial charge in [-0.3, -0.25) is 15.0 Å². The first kappa shape index (κ1) is 24.3. The second-order valence-electron chi connectivity index (χ2n) is 9.47. The zero-order valence-corrected chi connectivity index (χ0v) is 21.1. The number of amides is 2. The second-order valence-corrected chi connectivity index (χ2v) is 10.1. The van der Waals surface area contributed by atoms with Gasteiger partial charge in [-0.05, 0) is 74.1 Å². The number of thiocarbonyl (C=S) groups is 1. The number of hydrogen-bond donors (Lipinski definition) is 2. The molecule has 2 aliphatic rings. The van der Waals surface area contributed by atoms with Gasteiger partial charge in [-0.25, -0.2) is 9.78 Å². The van der Waals surface area contributed by atoms with E-state index >= 15 is 0 Å². The summed E-state index contributed by atoms with van der Waals surface area (Å²) in [5.74, 6) is 0.513. The van der Waals surface area contributed by atoms with Crippen molar-refractivity contribution in [1.29, 1.82) is 0 Å². The van der Waals surface area contributed by atoms with Crippen LogP contribution in [0.4, 0.5) is 10.6 Å². The number of hydrogen-bond acceptors (Lipinski definition) is 6. The quantitative estimate of drug-likeness (QED) is 0.568. The summed E-state index contributed by atoms with van der Waals surface area (Å²) in [5, 5.41) is 5.98. The van der Waals surface area contributed by atoms with Crippen LogP contribution < -0.4 is 10.2 Å². The fourth-order valence-corrected chi connectivity index (χ4v) is 4.74. The molecule has 0 radical (unpaired) electrons. The molecule has 0 bridgehead atoms. The molecule has 1 fully saturated rings. The number of fused-ring (bicyclic) bond motifs is 1. The number of likely N-dealkylation sites (tertiary alicyclic amines) is 1. The first-order valence-electron chi connectivity index (χ1n) is 11.3. The molecule has 1 atom stereocenters. The van der Waals surface area contributed by atoms with E-state index in [9.17, 15) is 9.59 Å². The van der Waals surface area contributed by atoms with Crippen molar-refractivity contribution in [3.8, 4) is 0 Å². The fraction of sp³-hybridized carbons (Fsp3) is 0.458. The van der Waals surface area contributed by atoms with E-state index in [0.717, 1.165) is 36.8 Å². The number of benzene rings is 1. The normalized spacial score (nSPS) is 18.6. The van der Waals surface area contributed by atoms with Crippen LogP contribution in [-0.4, -0.2) is 44.0 Å². The van der Waals surface area contributed by atoms with Crippen LogP contribution in [0.15, 0.2) is 30.3 Å². The summed E-state index contributed by atoms with van der Waals surface area (Å²) in [7, 11) is 0. The number of aromatic nitrogens is 2. The average molecular weight is 502 g/mol. The minimum Gasteiger partial charge on any atom is -0.444 e. The molecular formula is C24H28ClN5O3S. The summed E-state index contributed by atoms with van der Waals surface area (Å²) in [4.78, 5) is 36.4. The largest absolute Gasteiger partial charge is 0.444 e. The Bertz CT molecular complexity index is 1150. The second kappa shape index (κ2) is 9.78. The molecule has 1 aromatic carbocycles. The number of aromatic amines is 1. The molecular weight excluding hydrogens is 474 g/mol. The highest BCUT2D eigenvalue weighted by Crippen LogP contribution is 2.36. The molecule has 0 unspecified atom stereocenters. The molecule has 0 aliphatic carbocycles. The van der Waals surface area contributed by atoms with Gasteiger partial charge in [0.25, 0.3) is 5.91 Å². The lowest BCUT2D eigenvalue weighted by atomic mass is 9.95. The number of nitrogens with zero attached hydrogens (tertiary/aromatic N) is 3. The van der Waals surface area contributed by atoms with Crippen LogP contribution in [0.1, 0.15) is 74.1 Å². The van der Waals surface area contributed by atoms with E-state index < -0.39 is 5.60 Å². The lowest BCUT2D eigenvalue weighted by Crippen LogP contribution is -2.42. The fourth-order valence-electron chi connectivity index (χ4n) is 4.40. The third-order valence-corrected chi connectivity index (χ3v) is 6.31. The van der Waals surface area contributed by atoms with Gasteiger partial charge >= 0.3 is 6.09 Å². The number of anilines is 1. The maximum Gasteiger partial charge on any atom is 0.410 e. The Kier molecular flexibility index (Phi) is 6.98. The zero-order valence-electron chi connectivity index (χ0n) is 19.5. The lowest BCUT2D eigenvalue weighted by Gasteiger charge is -2.35. The topological polar surface area (TPSA) is 90.6 Å². The van der Waals surface area contributed by atoms with Crippen LogP contribution >= 0.6 is 23.8 Å². The van der Waals surface area contributed by atoms with Crippen LogP contribution in [-0.2, 0) is 11.3 Å². The predicted octanol–water partition coefficient (Wildman–Crippen LogP) is 5.11. The number of carbonyl (C=O) groups is 2. The molecule has 10 heteroatoms. The van der Waals surface area contributed by atoms with Crippen molar-refractivity contribution in [2.24, 2.45) is 0 Å². The van der Waals surface area contributed by atoms with Crippen molar-refractivity contribution < 1.29 is 14.3 Å². The van der Waals surface area contributed by atoms with Crippen LogP contribution in [0.5, 0.6) is 0 Å². The first-order chi connectivity index (χ1) is 16.2. The Morgan fingerprint density at radius 3 is 2.85 bits per heavy atom. The van der Waals surface area contributed by atoms with Gasteiger partial charge < -0.3 is 14.6 Å². The van der Waals surface area contributed by atoms with E-state index in [1.165, 1.54) is 6.33 Å². The van der Waals surface area contributed by atoms with Crippen LogP contribution in [0, 0.1) is 0 Å². The van der Waals surface area contributed by atoms with Gasteiger partial charge in [0.05, 0.1) is 18.9 Å². The molecule has 2 N–H and O–H groups in total. The van der Waals surface area contributed by atoms with Crippen molar-refractivity contribution in [3.05, 3.63) is 52.2 Å². The van der Waals surface area contributed by atoms with Crippen LogP contribution in [0.25, 0.3) is 0 Å². The Balaban J connectivity index is 1.73. The molecule has 2 aliphatic heterocycles.